The van der Waals surface area contributed by atoms with Crippen LogP contribution in [0.2, 0.25) is 0 Å². The summed E-state index contributed by atoms with van der Waals surface area (Å²) in [6.45, 7) is -0.793. The number of nitrogens with two attached hydrogens (primary N) is 2. The monoisotopic (exact) mass is 178 g/mol. The molecule has 0 aromatic rings. The molecule has 0 aliphatic carbocycles. The van der Waals surface area contributed by atoms with Crippen LogP contribution in [0.5, 0.6) is 0 Å². The Morgan fingerprint density at radius 1 is 1.42 bits per heavy atom. The van der Waals surface area contributed by atoms with Crippen LogP contribution in [-0.2, 0) is 4.79 Å². The summed E-state index contributed by atoms with van der Waals surface area (Å²) in [4.78, 5) is 10.9. The summed E-state index contributed by atoms with van der Waals surface area (Å²) in [6, 6.07) is -1.07. The summed E-state index contributed by atoms with van der Waals surface area (Å²) in [5, 5.41) is 26.4. The van der Waals surface area contributed by atoms with Crippen molar-refractivity contribution in [2.75, 3.05) is 13.2 Å². The van der Waals surface area contributed by atoms with Gasteiger partial charge >= 0.3 is 0 Å². The fourth-order valence-corrected chi connectivity index (χ4v) is 0.624. The molecule has 6 nitrogen and oxygen atoms in total. The van der Waals surface area contributed by atoms with Crippen LogP contribution in [-0.4, -0.2) is 52.5 Å². The van der Waals surface area contributed by atoms with E-state index in [1.54, 1.807) is 0 Å². The number of ketones is 1. The smallest absolute Gasteiger partial charge is 0.192 e. The minimum absolute atomic E-state index is 0.270. The molecule has 6 heteroatoms. The summed E-state index contributed by atoms with van der Waals surface area (Å²) in [6.07, 6.45) is -2.98. The first-order chi connectivity index (χ1) is 5.54. The molecule has 0 saturated heterocycles. The van der Waals surface area contributed by atoms with Crippen LogP contribution in [0.4, 0.5) is 0 Å². The summed E-state index contributed by atoms with van der Waals surface area (Å²) in [5.74, 6) is -0.862. The lowest BCUT2D eigenvalue weighted by molar-refractivity contribution is -0.136. The van der Waals surface area contributed by atoms with Crippen molar-refractivity contribution in [3.63, 3.8) is 0 Å². The molecule has 72 valence electrons. The van der Waals surface area contributed by atoms with Crippen LogP contribution < -0.4 is 11.5 Å². The Morgan fingerprint density at radius 3 is 2.25 bits per heavy atom. The maximum Gasteiger partial charge on any atom is 0.192 e. The lowest BCUT2D eigenvalue weighted by Crippen LogP contribution is -2.48. The molecule has 0 unspecified atom stereocenters. The van der Waals surface area contributed by atoms with Crippen molar-refractivity contribution in [2.45, 2.75) is 18.2 Å². The van der Waals surface area contributed by atoms with E-state index < -0.39 is 30.6 Å². The molecule has 7 N–H and O–H groups in total. The van der Waals surface area contributed by atoms with Crippen molar-refractivity contribution in [3.05, 3.63) is 0 Å². The SMILES string of the molecule is NC[C@@H](O)C(=O)[C@H](O)[C@H](N)CO. The Kier molecular flexibility index (Phi) is 4.95. The lowest BCUT2D eigenvalue weighted by Gasteiger charge is -2.17. The predicted molar refractivity (Wildman–Crippen MR) is 41.1 cm³/mol. The van der Waals surface area contributed by atoms with Crippen LogP contribution in [0.15, 0.2) is 0 Å². The molecule has 0 heterocycles. The van der Waals surface area contributed by atoms with Crippen molar-refractivity contribution in [1.29, 1.82) is 0 Å². The van der Waals surface area contributed by atoms with Gasteiger partial charge in [0.25, 0.3) is 0 Å². The largest absolute Gasteiger partial charge is 0.395 e. The van der Waals surface area contributed by atoms with E-state index in [-0.39, 0.29) is 6.54 Å². The molecule has 0 bridgehead atoms. The number of carbonyl (C=O) groups excluding carboxylic acids is 1. The molecule has 0 rings (SSSR count). The van der Waals surface area contributed by atoms with Gasteiger partial charge in [0.1, 0.15) is 12.2 Å². The number of hydrogen-bond donors (Lipinski definition) is 5. The third-order valence-corrected chi connectivity index (χ3v) is 1.46. The zero-order chi connectivity index (χ0) is 9.72. The zero-order valence-corrected chi connectivity index (χ0v) is 6.55. The molecule has 3 atom stereocenters. The van der Waals surface area contributed by atoms with Crippen LogP contribution >= 0.6 is 0 Å². The van der Waals surface area contributed by atoms with E-state index in [0.29, 0.717) is 0 Å². The molecular weight excluding hydrogens is 164 g/mol. The minimum Gasteiger partial charge on any atom is -0.395 e. The highest BCUT2D eigenvalue weighted by molar-refractivity contribution is 5.87. The molecule has 0 spiro atoms. The first-order valence-electron chi connectivity index (χ1n) is 3.51. The molecule has 0 radical (unpaired) electrons. The van der Waals surface area contributed by atoms with Gasteiger partial charge in [-0.05, 0) is 0 Å². The highest BCUT2D eigenvalue weighted by Crippen LogP contribution is 1.95. The standard InChI is InChI=1S/C6H14N2O4/c7-1-4(10)6(12)5(11)3(8)2-9/h3-5,9-11H,1-2,7-8H2/t3-,4-,5-/m1/s1. The quantitative estimate of drug-likeness (QED) is 0.298. The number of rotatable bonds is 5. The number of carbonyl (C=O) groups is 1. The van der Waals surface area contributed by atoms with E-state index in [4.69, 9.17) is 26.8 Å². The number of Topliss-reactive ketones (excluding diaryl/α,β-unsaturated/α-hetero) is 1. The third-order valence-electron chi connectivity index (χ3n) is 1.46. The van der Waals surface area contributed by atoms with Gasteiger partial charge in [-0.1, -0.05) is 0 Å². The van der Waals surface area contributed by atoms with Gasteiger partial charge in [-0.3, -0.25) is 4.79 Å². The molecule has 0 aromatic heterocycles. The molecule has 0 aliphatic rings. The number of hydrogen-bond acceptors (Lipinski definition) is 6. The van der Waals surface area contributed by atoms with Crippen molar-refractivity contribution in [3.8, 4) is 0 Å². The fourth-order valence-electron chi connectivity index (χ4n) is 0.624. The Bertz CT molecular complexity index is 152. The Balaban J connectivity index is 4.09. The van der Waals surface area contributed by atoms with Gasteiger partial charge in [0.05, 0.1) is 12.6 Å². The van der Waals surface area contributed by atoms with E-state index in [1.807, 2.05) is 0 Å². The molecule has 0 aromatic carbocycles. The highest BCUT2D eigenvalue weighted by Gasteiger charge is 2.26. The van der Waals surface area contributed by atoms with Crippen LogP contribution in [0, 0.1) is 0 Å². The predicted octanol–water partition coefficient (Wildman–Crippen LogP) is -3.44. The maximum atomic E-state index is 10.9. The normalized spacial score (nSPS) is 18.4. The summed E-state index contributed by atoms with van der Waals surface area (Å²) < 4.78 is 0. The van der Waals surface area contributed by atoms with E-state index in [2.05, 4.69) is 0 Å². The van der Waals surface area contributed by atoms with Gasteiger partial charge in [-0.2, -0.15) is 0 Å². The second-order valence-corrected chi connectivity index (χ2v) is 2.45. The van der Waals surface area contributed by atoms with Crippen LogP contribution in [0.3, 0.4) is 0 Å². The van der Waals surface area contributed by atoms with Gasteiger partial charge in [0.15, 0.2) is 5.78 Å². The number of aliphatic hydroxyl groups is 3. The highest BCUT2D eigenvalue weighted by atomic mass is 16.3. The van der Waals surface area contributed by atoms with Gasteiger partial charge in [0, 0.05) is 6.54 Å². The molecule has 0 fully saturated rings. The van der Waals surface area contributed by atoms with Crippen LogP contribution in [0.1, 0.15) is 0 Å². The second-order valence-electron chi connectivity index (χ2n) is 2.45. The Morgan fingerprint density at radius 2 is 1.92 bits per heavy atom. The molecule has 0 amide bonds. The summed E-state index contributed by atoms with van der Waals surface area (Å²) in [5.41, 5.74) is 10.1. The van der Waals surface area contributed by atoms with E-state index in [0.717, 1.165) is 0 Å². The first-order valence-corrected chi connectivity index (χ1v) is 3.51. The van der Waals surface area contributed by atoms with Gasteiger partial charge in [0.2, 0.25) is 0 Å². The molecule has 12 heavy (non-hydrogen) atoms. The van der Waals surface area contributed by atoms with E-state index in [9.17, 15) is 4.79 Å². The van der Waals surface area contributed by atoms with Gasteiger partial charge in [-0.25, -0.2) is 0 Å². The third kappa shape index (κ3) is 2.84. The van der Waals surface area contributed by atoms with Gasteiger partial charge < -0.3 is 26.8 Å². The van der Waals surface area contributed by atoms with Crippen molar-refractivity contribution in [1.82, 2.24) is 0 Å². The molecule has 0 saturated carbocycles. The summed E-state index contributed by atoms with van der Waals surface area (Å²) >= 11 is 0. The van der Waals surface area contributed by atoms with Crippen molar-refractivity contribution >= 4 is 5.78 Å². The summed E-state index contributed by atoms with van der Waals surface area (Å²) in [7, 11) is 0. The van der Waals surface area contributed by atoms with Gasteiger partial charge in [-0.15, -0.1) is 0 Å². The van der Waals surface area contributed by atoms with E-state index in [1.165, 1.54) is 0 Å². The molecule has 0 aliphatic heterocycles. The lowest BCUT2D eigenvalue weighted by atomic mass is 10.0. The average molecular weight is 178 g/mol. The number of aliphatic hydroxyl groups excluding tert-OH is 3. The molecular formula is C6H14N2O4. The van der Waals surface area contributed by atoms with Crippen molar-refractivity contribution in [2.24, 2.45) is 11.5 Å². The van der Waals surface area contributed by atoms with Crippen molar-refractivity contribution < 1.29 is 20.1 Å². The van der Waals surface area contributed by atoms with E-state index >= 15 is 0 Å². The average Bonchev–Trinajstić information content (AvgIpc) is 2.12. The Hall–Kier alpha value is -0.530. The minimum atomic E-state index is -1.56. The first kappa shape index (κ1) is 11.5. The Labute approximate surface area is 69.8 Å². The van der Waals surface area contributed by atoms with Crippen LogP contribution in [0.25, 0.3) is 0 Å². The second kappa shape index (κ2) is 5.18. The maximum absolute atomic E-state index is 10.9. The zero-order valence-electron chi connectivity index (χ0n) is 6.55. The topological polar surface area (TPSA) is 130 Å². The fraction of sp³-hybridized carbons (Fsp3) is 0.833.